The summed E-state index contributed by atoms with van der Waals surface area (Å²) in [6.45, 7) is 3.39. The average molecular weight is 175 g/mol. The van der Waals surface area contributed by atoms with Gasteiger partial charge in [0.15, 0.2) is 0 Å². The van der Waals surface area contributed by atoms with Gasteiger partial charge in [-0.25, -0.2) is 0 Å². The van der Waals surface area contributed by atoms with Crippen LogP contribution in [0.5, 0.6) is 0 Å². The van der Waals surface area contributed by atoms with E-state index in [0.717, 1.165) is 12.4 Å². The predicted molar refractivity (Wildman–Crippen MR) is 55.2 cm³/mol. The number of unbranched alkanes of at least 4 members (excludes halogenated alkanes) is 5. The largest absolute Gasteiger partial charge is 0.308 e. The van der Waals surface area contributed by atoms with E-state index < -0.39 is 0 Å². The molecule has 0 bridgehead atoms. The first-order valence-corrected chi connectivity index (χ1v) is 5.36. The minimum absolute atomic E-state index is 0.814. The molecule has 0 aromatic rings. The maximum absolute atomic E-state index is 4.07. The van der Waals surface area contributed by atoms with E-state index in [1.165, 1.54) is 38.5 Å². The van der Waals surface area contributed by atoms with E-state index in [9.17, 15) is 0 Å². The third-order valence-electron chi connectivity index (χ3n) is 1.82. The minimum Gasteiger partial charge on any atom is -0.308 e. The van der Waals surface area contributed by atoms with Gasteiger partial charge in [-0.3, -0.25) is 0 Å². The molecular formula is C9H21NS. The molecule has 0 saturated heterocycles. The van der Waals surface area contributed by atoms with E-state index in [4.69, 9.17) is 0 Å². The summed E-state index contributed by atoms with van der Waals surface area (Å²) in [5.41, 5.74) is 0. The molecule has 0 atom stereocenters. The fourth-order valence-corrected chi connectivity index (χ4v) is 1.27. The van der Waals surface area contributed by atoms with Crippen molar-refractivity contribution in [3.05, 3.63) is 0 Å². The van der Waals surface area contributed by atoms with Gasteiger partial charge in [-0.2, -0.15) is 12.6 Å². The van der Waals surface area contributed by atoms with Gasteiger partial charge in [0.2, 0.25) is 0 Å². The van der Waals surface area contributed by atoms with Crippen LogP contribution < -0.4 is 5.32 Å². The van der Waals surface area contributed by atoms with Crippen molar-refractivity contribution in [2.45, 2.75) is 45.4 Å². The van der Waals surface area contributed by atoms with Crippen molar-refractivity contribution in [3.63, 3.8) is 0 Å². The molecule has 0 aliphatic carbocycles. The molecule has 0 unspecified atom stereocenters. The predicted octanol–water partition coefficient (Wildman–Crippen LogP) is 2.82. The second kappa shape index (κ2) is 10.3. The molecule has 0 aliphatic rings. The summed E-state index contributed by atoms with van der Waals surface area (Å²) in [4.78, 5) is 0. The summed E-state index contributed by atoms with van der Waals surface area (Å²) < 4.78 is 0. The molecule has 0 amide bonds. The SMILES string of the molecule is CCCCCCCCNCS. The molecule has 68 valence electrons. The van der Waals surface area contributed by atoms with E-state index in [0.29, 0.717) is 0 Å². The lowest BCUT2D eigenvalue weighted by molar-refractivity contribution is 0.590. The monoisotopic (exact) mass is 175 g/mol. The van der Waals surface area contributed by atoms with Crippen LogP contribution >= 0.6 is 12.6 Å². The molecule has 0 spiro atoms. The van der Waals surface area contributed by atoms with Gasteiger partial charge in [0, 0.05) is 5.88 Å². The second-order valence-corrected chi connectivity index (χ2v) is 3.24. The van der Waals surface area contributed by atoms with Gasteiger partial charge in [0.1, 0.15) is 0 Å². The van der Waals surface area contributed by atoms with Crippen LogP contribution in [0.3, 0.4) is 0 Å². The topological polar surface area (TPSA) is 12.0 Å². The van der Waals surface area contributed by atoms with E-state index >= 15 is 0 Å². The Bertz CT molecular complexity index is 58.6. The van der Waals surface area contributed by atoms with Crippen molar-refractivity contribution in [2.24, 2.45) is 0 Å². The molecule has 1 nitrogen and oxygen atoms in total. The highest BCUT2D eigenvalue weighted by Gasteiger charge is 1.88. The molecule has 0 aliphatic heterocycles. The highest BCUT2D eigenvalue weighted by molar-refractivity contribution is 7.80. The first kappa shape index (κ1) is 11.3. The fraction of sp³-hybridized carbons (Fsp3) is 1.00. The molecule has 11 heavy (non-hydrogen) atoms. The van der Waals surface area contributed by atoms with E-state index in [-0.39, 0.29) is 0 Å². The van der Waals surface area contributed by atoms with Gasteiger partial charge in [-0.05, 0) is 13.0 Å². The Morgan fingerprint density at radius 3 is 2.27 bits per heavy atom. The van der Waals surface area contributed by atoms with Gasteiger partial charge in [-0.1, -0.05) is 39.0 Å². The molecule has 2 heteroatoms. The standard InChI is InChI=1S/C9H21NS/c1-2-3-4-5-6-7-8-10-9-11/h10-11H,2-9H2,1H3. The Morgan fingerprint density at radius 1 is 1.00 bits per heavy atom. The maximum Gasteiger partial charge on any atom is 0.0387 e. The Kier molecular flexibility index (Phi) is 10.6. The van der Waals surface area contributed by atoms with E-state index in [1.807, 2.05) is 0 Å². The summed E-state index contributed by atoms with van der Waals surface area (Å²) in [6.07, 6.45) is 8.25. The van der Waals surface area contributed by atoms with Crippen molar-refractivity contribution >= 4 is 12.6 Å². The average Bonchev–Trinajstić information content (AvgIpc) is 2.03. The third kappa shape index (κ3) is 10.3. The van der Waals surface area contributed by atoms with E-state index in [2.05, 4.69) is 24.9 Å². The number of rotatable bonds is 8. The molecule has 0 aromatic heterocycles. The third-order valence-corrected chi connectivity index (χ3v) is 2.04. The van der Waals surface area contributed by atoms with Crippen LogP contribution in [0.25, 0.3) is 0 Å². The second-order valence-electron chi connectivity index (χ2n) is 2.93. The zero-order valence-electron chi connectivity index (χ0n) is 7.60. The molecule has 0 aromatic carbocycles. The lowest BCUT2D eigenvalue weighted by atomic mass is 10.1. The van der Waals surface area contributed by atoms with Crippen LogP contribution in [-0.4, -0.2) is 12.4 Å². The molecule has 0 saturated carbocycles. The van der Waals surface area contributed by atoms with Gasteiger partial charge >= 0.3 is 0 Å². The van der Waals surface area contributed by atoms with Crippen molar-refractivity contribution in [1.82, 2.24) is 5.32 Å². The zero-order valence-corrected chi connectivity index (χ0v) is 8.50. The van der Waals surface area contributed by atoms with Gasteiger partial charge in [-0.15, -0.1) is 0 Å². The van der Waals surface area contributed by atoms with Crippen molar-refractivity contribution in [1.29, 1.82) is 0 Å². The molecule has 1 N–H and O–H groups in total. The van der Waals surface area contributed by atoms with Gasteiger partial charge < -0.3 is 5.32 Å². The normalized spacial score (nSPS) is 10.4. The Balaban J connectivity index is 2.69. The molecule has 0 fully saturated rings. The van der Waals surface area contributed by atoms with Crippen LogP contribution in [0.2, 0.25) is 0 Å². The first-order chi connectivity index (χ1) is 5.41. The molecular weight excluding hydrogens is 154 g/mol. The molecule has 0 heterocycles. The quantitative estimate of drug-likeness (QED) is 0.328. The van der Waals surface area contributed by atoms with Crippen LogP contribution in [0.4, 0.5) is 0 Å². The number of nitrogens with one attached hydrogen (secondary N) is 1. The number of thiol groups is 1. The molecule has 0 rings (SSSR count). The van der Waals surface area contributed by atoms with Crippen LogP contribution in [0.1, 0.15) is 45.4 Å². The Morgan fingerprint density at radius 2 is 1.64 bits per heavy atom. The highest BCUT2D eigenvalue weighted by Crippen LogP contribution is 2.03. The highest BCUT2D eigenvalue weighted by atomic mass is 32.1. The number of hydrogen-bond acceptors (Lipinski definition) is 2. The summed E-state index contributed by atoms with van der Waals surface area (Å²) in [5, 5.41) is 3.20. The minimum atomic E-state index is 0.814. The molecule has 0 radical (unpaired) electrons. The summed E-state index contributed by atoms with van der Waals surface area (Å²) >= 11 is 4.07. The smallest absolute Gasteiger partial charge is 0.0387 e. The first-order valence-electron chi connectivity index (χ1n) is 4.73. The fourth-order valence-electron chi connectivity index (χ4n) is 1.11. The van der Waals surface area contributed by atoms with E-state index in [1.54, 1.807) is 0 Å². The maximum atomic E-state index is 4.07. The summed E-state index contributed by atoms with van der Waals surface area (Å²) in [6, 6.07) is 0. The van der Waals surface area contributed by atoms with Crippen molar-refractivity contribution in [2.75, 3.05) is 12.4 Å². The van der Waals surface area contributed by atoms with Crippen LogP contribution in [-0.2, 0) is 0 Å². The van der Waals surface area contributed by atoms with Gasteiger partial charge in [0.25, 0.3) is 0 Å². The summed E-state index contributed by atoms with van der Waals surface area (Å²) in [7, 11) is 0. The van der Waals surface area contributed by atoms with Crippen molar-refractivity contribution < 1.29 is 0 Å². The lowest BCUT2D eigenvalue weighted by Gasteiger charge is -2.00. The van der Waals surface area contributed by atoms with Crippen LogP contribution in [0, 0.1) is 0 Å². The Labute approximate surface area is 76.4 Å². The summed E-state index contributed by atoms with van der Waals surface area (Å²) in [5.74, 6) is 0.814. The zero-order chi connectivity index (χ0) is 8.36. The Hall–Kier alpha value is 0.310. The van der Waals surface area contributed by atoms with Crippen LogP contribution in [0.15, 0.2) is 0 Å². The lowest BCUT2D eigenvalue weighted by Crippen LogP contribution is -2.12. The number of hydrogen-bond donors (Lipinski definition) is 2. The van der Waals surface area contributed by atoms with Gasteiger partial charge in [0.05, 0.1) is 0 Å². The van der Waals surface area contributed by atoms with Crippen molar-refractivity contribution in [3.8, 4) is 0 Å².